The molecule has 0 saturated carbocycles. The Hall–Kier alpha value is -2.12. The number of rotatable bonds is 5. The van der Waals surface area contributed by atoms with Gasteiger partial charge < -0.3 is 18.8 Å². The minimum atomic E-state index is 0.138. The van der Waals surface area contributed by atoms with Gasteiger partial charge >= 0.3 is 0 Å². The van der Waals surface area contributed by atoms with E-state index in [-0.39, 0.29) is 6.10 Å². The fraction of sp³-hybridized carbons (Fsp3) is 0.579. The van der Waals surface area contributed by atoms with Gasteiger partial charge in [-0.1, -0.05) is 0 Å². The van der Waals surface area contributed by atoms with Crippen LogP contribution in [0.4, 0.5) is 5.95 Å². The molecule has 0 N–H and O–H groups in total. The Kier molecular flexibility index (Phi) is 5.36. The van der Waals surface area contributed by atoms with E-state index >= 15 is 0 Å². The van der Waals surface area contributed by atoms with Crippen LogP contribution >= 0.6 is 0 Å². The van der Waals surface area contributed by atoms with E-state index in [1.165, 1.54) is 6.42 Å². The Morgan fingerprint density at radius 3 is 2.81 bits per heavy atom. The van der Waals surface area contributed by atoms with Crippen LogP contribution in [0.1, 0.15) is 36.9 Å². The quantitative estimate of drug-likeness (QED) is 0.814. The van der Waals surface area contributed by atoms with Gasteiger partial charge in [-0.05, 0) is 31.4 Å². The van der Waals surface area contributed by atoms with Gasteiger partial charge in [0.05, 0.1) is 13.7 Å². The van der Waals surface area contributed by atoms with E-state index in [1.807, 2.05) is 0 Å². The predicted molar refractivity (Wildman–Crippen MR) is 97.3 cm³/mol. The normalized spacial score (nSPS) is 21.7. The number of methoxy groups -OCH3 is 1. The zero-order chi connectivity index (χ0) is 17.8. The van der Waals surface area contributed by atoms with Crippen LogP contribution in [0, 0.1) is 0 Å². The summed E-state index contributed by atoms with van der Waals surface area (Å²) in [5.41, 5.74) is 0. The van der Waals surface area contributed by atoms with E-state index < -0.39 is 0 Å². The molecule has 2 aliphatic heterocycles. The highest BCUT2D eigenvalue weighted by Crippen LogP contribution is 2.29. The van der Waals surface area contributed by atoms with Crippen molar-refractivity contribution < 1.29 is 13.9 Å². The third kappa shape index (κ3) is 3.99. The highest BCUT2D eigenvalue weighted by Gasteiger charge is 2.22. The van der Waals surface area contributed by atoms with Crippen molar-refractivity contribution >= 4 is 5.95 Å². The first kappa shape index (κ1) is 17.3. The van der Waals surface area contributed by atoms with Crippen molar-refractivity contribution in [2.24, 2.45) is 0 Å². The van der Waals surface area contributed by atoms with E-state index in [9.17, 15) is 0 Å². The standard InChI is InChI=1S/C19H26N4O3/c1-24-18-7-8-20-19(21-18)23-11-9-22(10-12-23)14-15-5-6-17(26-15)16-4-2-3-13-25-16/h5-8,16H,2-4,9-14H2,1H3. The lowest BCUT2D eigenvalue weighted by atomic mass is 10.1. The van der Waals surface area contributed by atoms with Crippen LogP contribution in [0.15, 0.2) is 28.8 Å². The fourth-order valence-electron chi connectivity index (χ4n) is 3.54. The van der Waals surface area contributed by atoms with E-state index in [1.54, 1.807) is 19.4 Å². The molecule has 2 aromatic rings. The molecule has 0 amide bonds. The zero-order valence-corrected chi connectivity index (χ0v) is 15.3. The van der Waals surface area contributed by atoms with Gasteiger partial charge in [-0.2, -0.15) is 4.98 Å². The SMILES string of the molecule is COc1ccnc(N2CCN(Cc3ccc(C4CCCCO4)o3)CC2)n1. The topological polar surface area (TPSA) is 63.9 Å². The van der Waals surface area contributed by atoms with Crippen molar-refractivity contribution in [3.63, 3.8) is 0 Å². The van der Waals surface area contributed by atoms with E-state index in [0.29, 0.717) is 5.88 Å². The molecule has 2 fully saturated rings. The maximum Gasteiger partial charge on any atom is 0.228 e. The average molecular weight is 358 g/mol. The summed E-state index contributed by atoms with van der Waals surface area (Å²) in [5.74, 6) is 3.33. The number of furan rings is 1. The molecule has 4 rings (SSSR count). The molecule has 140 valence electrons. The van der Waals surface area contributed by atoms with Gasteiger partial charge in [0.1, 0.15) is 17.6 Å². The van der Waals surface area contributed by atoms with Crippen molar-refractivity contribution in [1.29, 1.82) is 0 Å². The molecular formula is C19H26N4O3. The molecule has 0 bridgehead atoms. The molecule has 0 radical (unpaired) electrons. The minimum absolute atomic E-state index is 0.138. The lowest BCUT2D eigenvalue weighted by Gasteiger charge is -2.34. The first-order valence-electron chi connectivity index (χ1n) is 9.36. The van der Waals surface area contributed by atoms with Crippen molar-refractivity contribution in [1.82, 2.24) is 14.9 Å². The first-order chi connectivity index (χ1) is 12.8. The summed E-state index contributed by atoms with van der Waals surface area (Å²) in [6.07, 6.45) is 5.32. The van der Waals surface area contributed by atoms with Crippen LogP contribution in [0.25, 0.3) is 0 Å². The lowest BCUT2D eigenvalue weighted by molar-refractivity contribution is 0.000832. The number of nitrogens with zero attached hydrogens (tertiary/aromatic N) is 4. The number of hydrogen-bond acceptors (Lipinski definition) is 7. The van der Waals surface area contributed by atoms with Crippen molar-refractivity contribution in [2.45, 2.75) is 31.9 Å². The van der Waals surface area contributed by atoms with Crippen LogP contribution in [-0.4, -0.2) is 54.8 Å². The molecule has 1 unspecified atom stereocenters. The number of aromatic nitrogens is 2. The van der Waals surface area contributed by atoms with Gasteiger partial charge in [-0.3, -0.25) is 4.90 Å². The summed E-state index contributed by atoms with van der Waals surface area (Å²) >= 11 is 0. The van der Waals surface area contributed by atoms with Crippen LogP contribution in [0.2, 0.25) is 0 Å². The van der Waals surface area contributed by atoms with Gasteiger partial charge in [0.25, 0.3) is 0 Å². The zero-order valence-electron chi connectivity index (χ0n) is 15.3. The second kappa shape index (κ2) is 8.05. The largest absolute Gasteiger partial charge is 0.481 e. The minimum Gasteiger partial charge on any atom is -0.481 e. The van der Waals surface area contributed by atoms with Gasteiger partial charge in [0, 0.05) is 45.0 Å². The summed E-state index contributed by atoms with van der Waals surface area (Å²) in [6.45, 7) is 5.38. The van der Waals surface area contributed by atoms with Gasteiger partial charge in [-0.15, -0.1) is 0 Å². The van der Waals surface area contributed by atoms with Gasteiger partial charge in [-0.25, -0.2) is 4.98 Å². The smallest absolute Gasteiger partial charge is 0.228 e. The highest BCUT2D eigenvalue weighted by atomic mass is 16.5. The molecule has 2 saturated heterocycles. The van der Waals surface area contributed by atoms with Gasteiger partial charge in [0.15, 0.2) is 0 Å². The van der Waals surface area contributed by atoms with Crippen LogP contribution in [-0.2, 0) is 11.3 Å². The Bertz CT molecular complexity index is 706. The van der Waals surface area contributed by atoms with E-state index in [2.05, 4.69) is 31.9 Å². The van der Waals surface area contributed by atoms with E-state index in [4.69, 9.17) is 13.9 Å². The van der Waals surface area contributed by atoms with Crippen LogP contribution in [0.3, 0.4) is 0 Å². The fourth-order valence-corrected chi connectivity index (χ4v) is 3.54. The molecule has 0 spiro atoms. The van der Waals surface area contributed by atoms with E-state index in [0.717, 1.165) is 69.6 Å². The molecule has 7 nitrogen and oxygen atoms in total. The number of anilines is 1. The Labute approximate surface area is 153 Å². The summed E-state index contributed by atoms with van der Waals surface area (Å²) in [5, 5.41) is 0. The number of piperazine rings is 1. The highest BCUT2D eigenvalue weighted by molar-refractivity contribution is 5.32. The monoisotopic (exact) mass is 358 g/mol. The molecule has 7 heteroatoms. The third-order valence-electron chi connectivity index (χ3n) is 5.04. The summed E-state index contributed by atoms with van der Waals surface area (Å²) in [6, 6.07) is 5.93. The van der Waals surface area contributed by atoms with Crippen molar-refractivity contribution in [3.8, 4) is 5.88 Å². The third-order valence-corrected chi connectivity index (χ3v) is 5.04. The molecule has 0 aliphatic carbocycles. The van der Waals surface area contributed by atoms with Crippen molar-refractivity contribution in [2.75, 3.05) is 44.8 Å². The first-order valence-corrected chi connectivity index (χ1v) is 9.36. The number of ether oxygens (including phenoxy) is 2. The second-order valence-electron chi connectivity index (χ2n) is 6.82. The Morgan fingerprint density at radius 2 is 2.04 bits per heavy atom. The molecular weight excluding hydrogens is 332 g/mol. The molecule has 26 heavy (non-hydrogen) atoms. The lowest BCUT2D eigenvalue weighted by Crippen LogP contribution is -2.46. The summed E-state index contributed by atoms with van der Waals surface area (Å²) in [4.78, 5) is 13.4. The second-order valence-corrected chi connectivity index (χ2v) is 6.82. The molecule has 0 aromatic carbocycles. The van der Waals surface area contributed by atoms with Gasteiger partial charge in [0.2, 0.25) is 11.8 Å². The summed E-state index contributed by atoms with van der Waals surface area (Å²) in [7, 11) is 1.63. The summed E-state index contributed by atoms with van der Waals surface area (Å²) < 4.78 is 17.0. The van der Waals surface area contributed by atoms with Crippen LogP contribution in [0.5, 0.6) is 5.88 Å². The Balaban J connectivity index is 1.30. The number of hydrogen-bond donors (Lipinski definition) is 0. The maximum atomic E-state index is 6.05. The van der Waals surface area contributed by atoms with Crippen molar-refractivity contribution in [3.05, 3.63) is 35.9 Å². The molecule has 4 heterocycles. The average Bonchev–Trinajstić information content (AvgIpc) is 3.18. The Morgan fingerprint density at radius 1 is 1.15 bits per heavy atom. The molecule has 2 aliphatic rings. The van der Waals surface area contributed by atoms with Crippen LogP contribution < -0.4 is 9.64 Å². The molecule has 2 aromatic heterocycles. The molecule has 1 atom stereocenters. The predicted octanol–water partition coefficient (Wildman–Crippen LogP) is 2.64. The maximum absolute atomic E-state index is 6.05.